The maximum atomic E-state index is 10.4. The molecule has 0 radical (unpaired) electrons. The number of hydrogen-bond donors (Lipinski definition) is 2. The maximum absolute atomic E-state index is 10.4. The van der Waals surface area contributed by atoms with E-state index in [4.69, 9.17) is 9.46 Å². The molecular weight excluding hydrogens is 327 g/mol. The van der Waals surface area contributed by atoms with Gasteiger partial charge in [-0.05, 0) is 12.1 Å². The number of hydrogen-bond acceptors (Lipinski definition) is 9. The summed E-state index contributed by atoms with van der Waals surface area (Å²) in [5.41, 5.74) is 0.635. The Balaban J connectivity index is 0.000000576. The van der Waals surface area contributed by atoms with Crippen LogP contribution in [0.1, 0.15) is 0 Å². The van der Waals surface area contributed by atoms with Crippen molar-refractivity contribution in [2.24, 2.45) is 5.34 Å². The van der Waals surface area contributed by atoms with Gasteiger partial charge in [-0.25, -0.2) is 4.98 Å². The molecule has 0 amide bonds. The zero-order chi connectivity index (χ0) is 13.6. The average molecular weight is 334 g/mol. The van der Waals surface area contributed by atoms with E-state index in [9.17, 15) is 8.42 Å². The molecule has 0 unspecified atom stereocenters. The van der Waals surface area contributed by atoms with Gasteiger partial charge in [-0.1, -0.05) is 23.5 Å². The van der Waals surface area contributed by atoms with E-state index in [0.717, 1.165) is 16.0 Å². The van der Waals surface area contributed by atoms with Crippen molar-refractivity contribution in [2.75, 3.05) is 0 Å². The Labute approximate surface area is 139 Å². The molecule has 19 heavy (non-hydrogen) atoms. The molecule has 0 saturated heterocycles. The fraction of sp³-hybridized carbons (Fsp3) is 0. The van der Waals surface area contributed by atoms with E-state index in [2.05, 4.69) is 26.4 Å². The number of benzene rings is 1. The third kappa shape index (κ3) is 7.06. The SMILES string of the molecule is O=NOS.O=S(=O)(O)Oc1nc2ccccc2s1.[NaH]. The Morgan fingerprint density at radius 1 is 1.37 bits per heavy atom. The number of rotatable bonds is 3. The second-order valence-corrected chi connectivity index (χ2v) is 4.79. The van der Waals surface area contributed by atoms with Crippen molar-refractivity contribution in [1.82, 2.24) is 4.98 Å². The van der Waals surface area contributed by atoms with Crippen LogP contribution in [0, 0.1) is 4.91 Å². The van der Waals surface area contributed by atoms with Crippen LogP contribution >= 0.6 is 24.2 Å². The van der Waals surface area contributed by atoms with Crippen molar-refractivity contribution in [3.8, 4) is 5.19 Å². The van der Waals surface area contributed by atoms with Gasteiger partial charge in [0.15, 0.2) is 5.34 Å². The van der Waals surface area contributed by atoms with Crippen LogP contribution in [0.2, 0.25) is 0 Å². The van der Waals surface area contributed by atoms with Gasteiger partial charge >= 0.3 is 40.0 Å². The zero-order valence-corrected chi connectivity index (χ0v) is 11.0. The van der Waals surface area contributed by atoms with E-state index >= 15 is 0 Å². The molecule has 0 atom stereocenters. The molecule has 8 nitrogen and oxygen atoms in total. The predicted octanol–water partition coefficient (Wildman–Crippen LogP) is 1.36. The average Bonchev–Trinajstić information content (AvgIpc) is 2.68. The zero-order valence-electron chi connectivity index (χ0n) is 8.46. The minimum atomic E-state index is -4.48. The van der Waals surface area contributed by atoms with Crippen LogP contribution in [0.25, 0.3) is 10.2 Å². The van der Waals surface area contributed by atoms with Crippen molar-refractivity contribution in [3.05, 3.63) is 29.2 Å². The van der Waals surface area contributed by atoms with Crippen LogP contribution in [-0.2, 0) is 14.7 Å². The molecule has 2 aromatic rings. The first-order valence-corrected chi connectivity index (χ1v) is 6.66. The van der Waals surface area contributed by atoms with E-state index in [-0.39, 0.29) is 34.8 Å². The van der Waals surface area contributed by atoms with Crippen LogP contribution in [0.3, 0.4) is 0 Å². The van der Waals surface area contributed by atoms with Crippen molar-refractivity contribution >= 4 is 74.4 Å². The first-order chi connectivity index (χ1) is 8.46. The van der Waals surface area contributed by atoms with Crippen LogP contribution in [0.15, 0.2) is 29.6 Å². The summed E-state index contributed by atoms with van der Waals surface area (Å²) < 4.78 is 37.5. The van der Waals surface area contributed by atoms with Crippen LogP contribution in [0.4, 0.5) is 0 Å². The molecule has 1 aromatic carbocycles. The van der Waals surface area contributed by atoms with Gasteiger partial charge in [0, 0.05) is 0 Å². The summed E-state index contributed by atoms with van der Waals surface area (Å²) in [6, 6.07) is 7.09. The quantitative estimate of drug-likeness (QED) is 0.217. The number of aromatic nitrogens is 1. The molecule has 1 heterocycles. The summed E-state index contributed by atoms with van der Waals surface area (Å²) in [5, 5.41) is 1.76. The molecular formula is C7H7N2NaO6S3. The summed E-state index contributed by atoms with van der Waals surface area (Å²) >= 11 is 3.99. The minimum absolute atomic E-state index is 0. The Morgan fingerprint density at radius 2 is 1.95 bits per heavy atom. The van der Waals surface area contributed by atoms with Crippen molar-refractivity contribution in [2.45, 2.75) is 0 Å². The summed E-state index contributed by atoms with van der Waals surface area (Å²) in [6.45, 7) is 0. The van der Waals surface area contributed by atoms with Crippen molar-refractivity contribution < 1.29 is 21.4 Å². The van der Waals surface area contributed by atoms with Gasteiger partial charge in [-0.15, -0.1) is 4.91 Å². The fourth-order valence-electron chi connectivity index (χ4n) is 0.977. The molecule has 12 heteroatoms. The Kier molecular flexibility index (Phi) is 8.49. The van der Waals surface area contributed by atoms with Crippen molar-refractivity contribution in [3.63, 3.8) is 0 Å². The topological polar surface area (TPSA) is 115 Å². The monoisotopic (exact) mass is 334 g/mol. The summed E-state index contributed by atoms with van der Waals surface area (Å²) in [7, 11) is -4.48. The van der Waals surface area contributed by atoms with Crippen LogP contribution in [0.5, 0.6) is 5.19 Å². The Bertz CT molecular complexity index is 598. The number of thiol groups is 1. The molecule has 2 rings (SSSR count). The number of para-hydroxylation sites is 1. The summed E-state index contributed by atoms with van der Waals surface area (Å²) in [4.78, 5) is 12.5. The molecule has 0 spiro atoms. The molecule has 100 valence electrons. The van der Waals surface area contributed by atoms with Gasteiger partial charge in [0.25, 0.3) is 5.19 Å². The van der Waals surface area contributed by atoms with Crippen molar-refractivity contribution in [1.29, 1.82) is 0 Å². The first kappa shape index (κ1) is 18.6. The molecule has 0 fully saturated rings. The van der Waals surface area contributed by atoms with Gasteiger partial charge in [-0.3, -0.25) is 8.84 Å². The predicted molar refractivity (Wildman–Crippen MR) is 74.8 cm³/mol. The second-order valence-electron chi connectivity index (χ2n) is 2.61. The third-order valence-electron chi connectivity index (χ3n) is 1.48. The van der Waals surface area contributed by atoms with E-state index in [1.807, 2.05) is 5.34 Å². The van der Waals surface area contributed by atoms with Gasteiger partial charge in [0.05, 0.1) is 23.1 Å². The van der Waals surface area contributed by atoms with Crippen LogP contribution in [-0.4, -0.2) is 47.5 Å². The third-order valence-corrected chi connectivity index (χ3v) is 2.94. The molecule has 0 aliphatic carbocycles. The normalized spacial score (nSPS) is 9.79. The molecule has 0 aliphatic rings. The molecule has 1 aromatic heterocycles. The van der Waals surface area contributed by atoms with E-state index in [0.29, 0.717) is 5.52 Å². The summed E-state index contributed by atoms with van der Waals surface area (Å²) in [5.74, 6) is 0. The molecule has 0 bridgehead atoms. The van der Waals surface area contributed by atoms with Gasteiger partial charge < -0.3 is 4.18 Å². The Morgan fingerprint density at radius 3 is 2.42 bits per heavy atom. The van der Waals surface area contributed by atoms with Gasteiger partial charge in [0.1, 0.15) is 0 Å². The number of fused-ring (bicyclic) bond motifs is 1. The number of thiazole rings is 1. The molecule has 0 saturated carbocycles. The second kappa shape index (κ2) is 8.68. The van der Waals surface area contributed by atoms with E-state index in [1.54, 1.807) is 24.3 Å². The molecule has 0 aliphatic heterocycles. The molecule has 1 N–H and O–H groups in total. The standard InChI is InChI=1S/C7H5NO4S2.HNO2S.Na.H/c9-14(10,11)12-7-8-5-3-1-2-4-6(5)13-7;2-1-3-4;;/h1-4H,(H,9,10,11);4H;;. The van der Waals surface area contributed by atoms with Gasteiger partial charge in [-0.2, -0.15) is 8.42 Å². The number of nitrogens with zero attached hydrogens (tertiary/aromatic N) is 2. The fourth-order valence-corrected chi connectivity index (χ4v) is 2.29. The Hall–Kier alpha value is -0.430. The van der Waals surface area contributed by atoms with Crippen LogP contribution < -0.4 is 4.18 Å². The van der Waals surface area contributed by atoms with E-state index in [1.165, 1.54) is 0 Å². The van der Waals surface area contributed by atoms with Gasteiger partial charge in [0.2, 0.25) is 0 Å². The summed E-state index contributed by atoms with van der Waals surface area (Å²) in [6.07, 6.45) is 0. The first-order valence-electron chi connectivity index (χ1n) is 4.12. The van der Waals surface area contributed by atoms with E-state index < -0.39 is 10.4 Å².